The molecule has 1 aromatic carbocycles. The minimum absolute atomic E-state index is 0.137. The lowest BCUT2D eigenvalue weighted by atomic mass is 10.3. The first-order chi connectivity index (χ1) is 14.0. The number of para-hydroxylation sites is 2. The maximum atomic E-state index is 12.5. The molecule has 1 N–H and O–H groups in total. The van der Waals surface area contributed by atoms with E-state index < -0.39 is 4.92 Å². The van der Waals surface area contributed by atoms with Crippen molar-refractivity contribution >= 4 is 28.7 Å². The first-order valence-corrected chi connectivity index (χ1v) is 9.67. The molecule has 0 atom stereocenters. The Morgan fingerprint density at radius 2 is 1.97 bits per heavy atom. The molecule has 0 aliphatic carbocycles. The molecule has 2 aromatic heterocycles. The van der Waals surface area contributed by atoms with Crippen molar-refractivity contribution in [2.24, 2.45) is 0 Å². The molecule has 29 heavy (non-hydrogen) atoms. The van der Waals surface area contributed by atoms with Crippen molar-refractivity contribution in [3.05, 3.63) is 46.6 Å². The highest BCUT2D eigenvalue weighted by atomic mass is 16.6. The lowest BCUT2D eigenvalue weighted by Crippen LogP contribution is -2.27. The number of carbonyl (C=O) groups is 1. The van der Waals surface area contributed by atoms with Gasteiger partial charge in [-0.15, -0.1) is 0 Å². The summed E-state index contributed by atoms with van der Waals surface area (Å²) in [6.45, 7) is 7.98. The summed E-state index contributed by atoms with van der Waals surface area (Å²) in [5.41, 5.74) is 1.79. The van der Waals surface area contributed by atoms with E-state index in [-0.39, 0.29) is 24.7 Å². The van der Waals surface area contributed by atoms with E-state index in [0.717, 1.165) is 30.7 Å². The number of amides is 1. The largest absolute Gasteiger partial charge is 0.389 e. The number of anilines is 1. The van der Waals surface area contributed by atoms with Crippen LogP contribution in [0.1, 0.15) is 20.3 Å². The Morgan fingerprint density at radius 3 is 2.66 bits per heavy atom. The summed E-state index contributed by atoms with van der Waals surface area (Å²) in [5.74, 6) is 0.0564. The molecule has 0 aliphatic rings. The van der Waals surface area contributed by atoms with Crippen LogP contribution in [0.4, 0.5) is 11.8 Å². The predicted octanol–water partition coefficient (Wildman–Crippen LogP) is 2.51. The van der Waals surface area contributed by atoms with Gasteiger partial charge >= 0.3 is 5.82 Å². The van der Waals surface area contributed by atoms with Gasteiger partial charge in [0.1, 0.15) is 0 Å². The zero-order chi connectivity index (χ0) is 20.8. The number of aryl methyl sites for hydroxylation is 1. The summed E-state index contributed by atoms with van der Waals surface area (Å²) in [6, 6.07) is 9.09. The fourth-order valence-corrected chi connectivity index (χ4v) is 3.15. The first kappa shape index (κ1) is 20.5. The molecule has 2 heterocycles. The second-order valence-corrected chi connectivity index (χ2v) is 6.59. The van der Waals surface area contributed by atoms with Crippen LogP contribution in [0.25, 0.3) is 11.0 Å². The van der Waals surface area contributed by atoms with E-state index in [0.29, 0.717) is 12.5 Å². The van der Waals surface area contributed by atoms with E-state index >= 15 is 0 Å². The second kappa shape index (κ2) is 9.28. The summed E-state index contributed by atoms with van der Waals surface area (Å²) < 4.78 is 3.41. The number of likely N-dealkylation sites (N-methyl/N-ethyl adjacent to an activating group) is 1. The van der Waals surface area contributed by atoms with Crippen LogP contribution in [0.2, 0.25) is 0 Å². The van der Waals surface area contributed by atoms with Crippen molar-refractivity contribution in [3.8, 4) is 0 Å². The normalized spacial score (nSPS) is 11.3. The minimum Gasteiger partial charge on any atom is -0.358 e. The molecular formula is C19H25N7O3. The van der Waals surface area contributed by atoms with Gasteiger partial charge in [0.25, 0.3) is 0 Å². The van der Waals surface area contributed by atoms with Gasteiger partial charge in [0.05, 0.1) is 34.9 Å². The molecule has 10 heteroatoms. The molecular weight excluding hydrogens is 374 g/mol. The highest BCUT2D eigenvalue weighted by Crippen LogP contribution is 2.20. The summed E-state index contributed by atoms with van der Waals surface area (Å²) in [5, 5.41) is 17.4. The Bertz CT molecular complexity index is 991. The summed E-state index contributed by atoms with van der Waals surface area (Å²) in [4.78, 5) is 29.5. The number of aromatic nitrogens is 4. The number of fused-ring (bicyclic) bond motifs is 1. The average molecular weight is 399 g/mol. The Labute approximate surface area is 168 Å². The third-order valence-electron chi connectivity index (χ3n) is 4.82. The van der Waals surface area contributed by atoms with Crippen LogP contribution < -0.4 is 5.32 Å². The van der Waals surface area contributed by atoms with Crippen molar-refractivity contribution in [1.29, 1.82) is 0 Å². The van der Waals surface area contributed by atoms with Crippen LogP contribution >= 0.6 is 0 Å². The molecule has 154 valence electrons. The Kier molecular flexibility index (Phi) is 6.55. The molecule has 0 aliphatic heterocycles. The number of nitro groups is 1. The molecule has 0 fully saturated rings. The van der Waals surface area contributed by atoms with Gasteiger partial charge in [0.2, 0.25) is 11.9 Å². The van der Waals surface area contributed by atoms with Gasteiger partial charge in [0.15, 0.2) is 0 Å². The molecule has 0 saturated carbocycles. The number of hydrogen-bond donors (Lipinski definition) is 1. The van der Waals surface area contributed by atoms with Gasteiger partial charge in [-0.2, -0.15) is 4.68 Å². The zero-order valence-corrected chi connectivity index (χ0v) is 16.6. The van der Waals surface area contributed by atoms with Gasteiger partial charge in [0, 0.05) is 19.5 Å². The molecule has 1 amide bonds. The molecule has 3 rings (SSSR count). The predicted molar refractivity (Wildman–Crippen MR) is 110 cm³/mol. The van der Waals surface area contributed by atoms with Gasteiger partial charge in [-0.05, 0) is 30.1 Å². The van der Waals surface area contributed by atoms with Crippen LogP contribution in [0.3, 0.4) is 0 Å². The van der Waals surface area contributed by atoms with Crippen molar-refractivity contribution in [2.45, 2.75) is 33.4 Å². The van der Waals surface area contributed by atoms with E-state index in [9.17, 15) is 14.9 Å². The molecule has 0 spiro atoms. The SMILES string of the molecule is CCN(CC)CCn1c(NC(=O)CCn2ccc([N+](=O)[O-])n2)nc2ccccc21. The quantitative estimate of drug-likeness (QED) is 0.414. The van der Waals surface area contributed by atoms with Crippen molar-refractivity contribution in [1.82, 2.24) is 24.2 Å². The fourth-order valence-electron chi connectivity index (χ4n) is 3.15. The van der Waals surface area contributed by atoms with E-state index in [1.54, 1.807) is 0 Å². The number of rotatable bonds is 10. The highest BCUT2D eigenvalue weighted by molar-refractivity contribution is 5.91. The summed E-state index contributed by atoms with van der Waals surface area (Å²) >= 11 is 0. The molecule has 0 unspecified atom stereocenters. The van der Waals surface area contributed by atoms with Crippen molar-refractivity contribution in [2.75, 3.05) is 25.0 Å². The van der Waals surface area contributed by atoms with Crippen molar-refractivity contribution in [3.63, 3.8) is 0 Å². The highest BCUT2D eigenvalue weighted by Gasteiger charge is 2.15. The number of imidazole rings is 1. The number of benzene rings is 1. The molecule has 0 bridgehead atoms. The lowest BCUT2D eigenvalue weighted by molar-refractivity contribution is -0.389. The zero-order valence-electron chi connectivity index (χ0n) is 16.6. The maximum Gasteiger partial charge on any atom is 0.389 e. The monoisotopic (exact) mass is 399 g/mol. The topological polar surface area (TPSA) is 111 Å². The lowest BCUT2D eigenvalue weighted by Gasteiger charge is -2.19. The maximum absolute atomic E-state index is 12.5. The number of carbonyl (C=O) groups excluding carboxylic acids is 1. The van der Waals surface area contributed by atoms with Crippen LogP contribution in [0, 0.1) is 10.1 Å². The number of hydrogen-bond acceptors (Lipinski definition) is 6. The van der Waals surface area contributed by atoms with E-state index in [4.69, 9.17) is 0 Å². The van der Waals surface area contributed by atoms with Gasteiger partial charge in [-0.25, -0.2) is 4.98 Å². The van der Waals surface area contributed by atoms with E-state index in [1.165, 1.54) is 16.9 Å². The minimum atomic E-state index is -0.561. The smallest absolute Gasteiger partial charge is 0.358 e. The van der Waals surface area contributed by atoms with E-state index in [2.05, 4.69) is 34.1 Å². The fraction of sp³-hybridized carbons (Fsp3) is 0.421. The van der Waals surface area contributed by atoms with Gasteiger partial charge in [-0.1, -0.05) is 26.0 Å². The van der Waals surface area contributed by atoms with Crippen LogP contribution in [-0.4, -0.2) is 54.7 Å². The molecule has 0 radical (unpaired) electrons. The standard InChI is InChI=1S/C19H25N7O3/c1-3-23(4-2)13-14-25-16-8-6-5-7-15(16)20-19(25)21-18(27)10-12-24-11-9-17(22-24)26(28)29/h5-9,11H,3-4,10,12-14H2,1-2H3,(H,20,21,27). The molecule has 3 aromatic rings. The second-order valence-electron chi connectivity index (χ2n) is 6.59. The third-order valence-corrected chi connectivity index (χ3v) is 4.82. The van der Waals surface area contributed by atoms with Crippen LogP contribution in [0.15, 0.2) is 36.5 Å². The van der Waals surface area contributed by atoms with Crippen LogP contribution in [-0.2, 0) is 17.9 Å². The average Bonchev–Trinajstić information content (AvgIpc) is 3.32. The Morgan fingerprint density at radius 1 is 1.21 bits per heavy atom. The summed E-state index contributed by atoms with van der Waals surface area (Å²) in [7, 11) is 0. The number of nitrogens with one attached hydrogen (secondary N) is 1. The molecule has 0 saturated heterocycles. The number of nitrogens with zero attached hydrogens (tertiary/aromatic N) is 6. The third kappa shape index (κ3) is 4.96. The van der Waals surface area contributed by atoms with E-state index in [1.807, 2.05) is 28.8 Å². The van der Waals surface area contributed by atoms with Crippen LogP contribution in [0.5, 0.6) is 0 Å². The van der Waals surface area contributed by atoms with Gasteiger partial charge in [-0.3, -0.25) is 10.1 Å². The Hall–Kier alpha value is -3.27. The van der Waals surface area contributed by atoms with Crippen molar-refractivity contribution < 1.29 is 9.72 Å². The molecule has 10 nitrogen and oxygen atoms in total. The first-order valence-electron chi connectivity index (χ1n) is 9.67. The summed E-state index contributed by atoms with van der Waals surface area (Å²) in [6.07, 6.45) is 1.63. The van der Waals surface area contributed by atoms with Gasteiger partial charge < -0.3 is 19.6 Å². The Balaban J connectivity index is 1.69.